The molecule has 0 saturated carbocycles. The van der Waals surface area contributed by atoms with Crippen molar-refractivity contribution in [1.82, 2.24) is 15.5 Å². The molecule has 1 heterocycles. The molecule has 122 valence electrons. The molecule has 0 radical (unpaired) electrons. The van der Waals surface area contributed by atoms with Crippen LogP contribution in [0.4, 0.5) is 0 Å². The van der Waals surface area contributed by atoms with Crippen molar-refractivity contribution in [2.24, 2.45) is 0 Å². The van der Waals surface area contributed by atoms with Crippen molar-refractivity contribution in [3.63, 3.8) is 0 Å². The average molecular weight is 342 g/mol. The van der Waals surface area contributed by atoms with Gasteiger partial charge in [-0.3, -0.25) is 4.79 Å². The fraction of sp³-hybridized carbons (Fsp3) is 0.167. The van der Waals surface area contributed by atoms with Crippen LogP contribution >= 0.6 is 11.6 Å². The molecule has 1 N–H and O–H groups in total. The van der Waals surface area contributed by atoms with Crippen LogP contribution in [-0.2, 0) is 6.42 Å². The van der Waals surface area contributed by atoms with Crippen molar-refractivity contribution in [2.75, 3.05) is 6.54 Å². The van der Waals surface area contributed by atoms with Gasteiger partial charge in [-0.1, -0.05) is 35.4 Å². The van der Waals surface area contributed by atoms with Crippen molar-refractivity contribution in [2.45, 2.75) is 13.3 Å². The summed E-state index contributed by atoms with van der Waals surface area (Å²) < 4.78 is 5.62. The van der Waals surface area contributed by atoms with Crippen LogP contribution in [0.15, 0.2) is 52.9 Å². The van der Waals surface area contributed by atoms with Gasteiger partial charge in [-0.2, -0.15) is 0 Å². The van der Waals surface area contributed by atoms with Crippen LogP contribution in [0, 0.1) is 6.92 Å². The van der Waals surface area contributed by atoms with Crippen molar-refractivity contribution in [1.29, 1.82) is 0 Å². The number of hydrogen-bond donors (Lipinski definition) is 1. The summed E-state index contributed by atoms with van der Waals surface area (Å²) in [4.78, 5) is 12.0. The third-order valence-electron chi connectivity index (χ3n) is 3.48. The quantitative estimate of drug-likeness (QED) is 0.768. The maximum absolute atomic E-state index is 12.0. The first-order chi connectivity index (χ1) is 11.6. The molecule has 2 aromatic carbocycles. The number of nitrogens with one attached hydrogen (secondary N) is 1. The van der Waals surface area contributed by atoms with Crippen LogP contribution in [0.5, 0.6) is 0 Å². The van der Waals surface area contributed by atoms with Crippen molar-refractivity contribution >= 4 is 17.5 Å². The highest BCUT2D eigenvalue weighted by molar-refractivity contribution is 6.30. The second-order valence-corrected chi connectivity index (χ2v) is 5.82. The maximum atomic E-state index is 12.0. The lowest BCUT2D eigenvalue weighted by atomic mass is 10.1. The van der Waals surface area contributed by atoms with Gasteiger partial charge in [-0.25, -0.2) is 0 Å². The summed E-state index contributed by atoms with van der Waals surface area (Å²) in [7, 11) is 0. The smallest absolute Gasteiger partial charge is 0.251 e. The molecular weight excluding hydrogens is 326 g/mol. The lowest BCUT2D eigenvalue weighted by Gasteiger charge is -2.03. The van der Waals surface area contributed by atoms with E-state index in [4.69, 9.17) is 16.0 Å². The fourth-order valence-corrected chi connectivity index (χ4v) is 2.37. The Balaban J connectivity index is 1.56. The van der Waals surface area contributed by atoms with Crippen molar-refractivity contribution < 1.29 is 9.21 Å². The lowest BCUT2D eigenvalue weighted by Crippen LogP contribution is -2.25. The van der Waals surface area contributed by atoms with Crippen LogP contribution in [0.3, 0.4) is 0 Å². The van der Waals surface area contributed by atoms with E-state index in [2.05, 4.69) is 15.5 Å². The van der Waals surface area contributed by atoms with Gasteiger partial charge >= 0.3 is 0 Å². The molecule has 0 aliphatic heterocycles. The van der Waals surface area contributed by atoms with E-state index in [-0.39, 0.29) is 5.91 Å². The van der Waals surface area contributed by atoms with E-state index in [0.29, 0.717) is 35.3 Å². The molecule has 0 fully saturated rings. The lowest BCUT2D eigenvalue weighted by molar-refractivity contribution is 0.0953. The SMILES string of the molecule is Cc1ccc(-c2nnc(CCNC(=O)c3cccc(Cl)c3)o2)cc1. The number of hydrogen-bond acceptors (Lipinski definition) is 4. The third kappa shape index (κ3) is 4.00. The molecule has 5 nitrogen and oxygen atoms in total. The van der Waals surface area contributed by atoms with Gasteiger partial charge in [0.05, 0.1) is 0 Å². The predicted octanol–water partition coefficient (Wildman–Crippen LogP) is 3.67. The summed E-state index contributed by atoms with van der Waals surface area (Å²) in [6, 6.07) is 14.7. The van der Waals surface area contributed by atoms with Crippen LogP contribution in [-0.4, -0.2) is 22.6 Å². The number of rotatable bonds is 5. The summed E-state index contributed by atoms with van der Waals surface area (Å²) in [6.45, 7) is 2.42. The molecule has 1 amide bonds. The normalized spacial score (nSPS) is 10.6. The number of amides is 1. The monoisotopic (exact) mass is 341 g/mol. The molecule has 24 heavy (non-hydrogen) atoms. The zero-order valence-corrected chi connectivity index (χ0v) is 13.9. The van der Waals surface area contributed by atoms with Crippen LogP contribution in [0.25, 0.3) is 11.5 Å². The second kappa shape index (κ2) is 7.27. The molecular formula is C18H16ClN3O2. The minimum Gasteiger partial charge on any atom is -0.421 e. The van der Waals surface area contributed by atoms with Gasteiger partial charge in [0, 0.05) is 29.1 Å². The largest absolute Gasteiger partial charge is 0.421 e. The molecule has 3 aromatic rings. The van der Waals surface area contributed by atoms with E-state index < -0.39 is 0 Å². The zero-order chi connectivity index (χ0) is 16.9. The highest BCUT2D eigenvalue weighted by Gasteiger charge is 2.10. The molecule has 0 unspecified atom stereocenters. The first kappa shape index (κ1) is 16.2. The molecule has 0 atom stereocenters. The van der Waals surface area contributed by atoms with E-state index in [1.54, 1.807) is 24.3 Å². The number of carbonyl (C=O) groups is 1. The Morgan fingerprint density at radius 3 is 2.71 bits per heavy atom. The van der Waals surface area contributed by atoms with E-state index in [1.165, 1.54) is 5.56 Å². The molecule has 1 aromatic heterocycles. The topological polar surface area (TPSA) is 68.0 Å². The standard InChI is InChI=1S/C18H16ClN3O2/c1-12-5-7-13(8-6-12)18-22-21-16(24-18)9-10-20-17(23)14-3-2-4-15(19)11-14/h2-8,11H,9-10H2,1H3,(H,20,23). The minimum absolute atomic E-state index is 0.184. The van der Waals surface area contributed by atoms with Crippen LogP contribution < -0.4 is 5.32 Å². The predicted molar refractivity (Wildman–Crippen MR) is 92.0 cm³/mol. The Kier molecular flexibility index (Phi) is 4.91. The van der Waals surface area contributed by atoms with Gasteiger partial charge in [-0.15, -0.1) is 10.2 Å². The van der Waals surface area contributed by atoms with E-state index in [9.17, 15) is 4.79 Å². The third-order valence-corrected chi connectivity index (χ3v) is 3.71. The summed E-state index contributed by atoms with van der Waals surface area (Å²) >= 11 is 5.88. The van der Waals surface area contributed by atoms with Crippen LogP contribution in [0.1, 0.15) is 21.8 Å². The van der Waals surface area contributed by atoms with Crippen LogP contribution in [0.2, 0.25) is 5.02 Å². The summed E-state index contributed by atoms with van der Waals surface area (Å²) in [6.07, 6.45) is 0.463. The van der Waals surface area contributed by atoms with Gasteiger partial charge in [-0.05, 0) is 37.3 Å². The van der Waals surface area contributed by atoms with E-state index >= 15 is 0 Å². The molecule has 6 heteroatoms. The molecule has 0 bridgehead atoms. The summed E-state index contributed by atoms with van der Waals surface area (Å²) in [5, 5.41) is 11.4. The Bertz CT molecular complexity index is 843. The Morgan fingerprint density at radius 2 is 1.96 bits per heavy atom. The first-order valence-electron chi connectivity index (χ1n) is 7.55. The number of aromatic nitrogens is 2. The summed E-state index contributed by atoms with van der Waals surface area (Å²) in [5.74, 6) is 0.777. The van der Waals surface area contributed by atoms with Gasteiger partial charge < -0.3 is 9.73 Å². The highest BCUT2D eigenvalue weighted by Crippen LogP contribution is 2.18. The van der Waals surface area contributed by atoms with E-state index in [1.807, 2.05) is 31.2 Å². The van der Waals surface area contributed by atoms with Gasteiger partial charge in [0.1, 0.15) is 0 Å². The van der Waals surface area contributed by atoms with Gasteiger partial charge in [0.2, 0.25) is 11.8 Å². The minimum atomic E-state index is -0.184. The maximum Gasteiger partial charge on any atom is 0.251 e. The summed E-state index contributed by atoms with van der Waals surface area (Å²) in [5.41, 5.74) is 2.57. The number of aryl methyl sites for hydroxylation is 1. The number of halogens is 1. The van der Waals surface area contributed by atoms with Crippen molar-refractivity contribution in [3.8, 4) is 11.5 Å². The molecule has 0 saturated heterocycles. The Morgan fingerprint density at radius 1 is 1.17 bits per heavy atom. The van der Waals surface area contributed by atoms with E-state index in [0.717, 1.165) is 5.56 Å². The highest BCUT2D eigenvalue weighted by atomic mass is 35.5. The molecule has 3 rings (SSSR count). The van der Waals surface area contributed by atoms with Gasteiger partial charge in [0.15, 0.2) is 0 Å². The zero-order valence-electron chi connectivity index (χ0n) is 13.1. The molecule has 0 aliphatic carbocycles. The number of carbonyl (C=O) groups excluding carboxylic acids is 1. The molecule has 0 spiro atoms. The average Bonchev–Trinajstić information content (AvgIpc) is 3.04. The fourth-order valence-electron chi connectivity index (χ4n) is 2.18. The Hall–Kier alpha value is -2.66. The second-order valence-electron chi connectivity index (χ2n) is 5.38. The number of benzene rings is 2. The number of nitrogens with zero attached hydrogens (tertiary/aromatic N) is 2. The molecule has 0 aliphatic rings. The van der Waals surface area contributed by atoms with Crippen molar-refractivity contribution in [3.05, 3.63) is 70.6 Å². The van der Waals surface area contributed by atoms with Gasteiger partial charge in [0.25, 0.3) is 5.91 Å². The Labute approximate surface area is 144 Å². The first-order valence-corrected chi connectivity index (χ1v) is 7.93.